The number of nitrogens with one attached hydrogen (secondary N) is 2. The van der Waals surface area contributed by atoms with Crippen molar-refractivity contribution in [3.8, 4) is 0 Å². The monoisotopic (exact) mass is 242 g/mol. The first-order valence-electron chi connectivity index (χ1n) is 6.59. The van der Waals surface area contributed by atoms with Gasteiger partial charge in [-0.2, -0.15) is 0 Å². The van der Waals surface area contributed by atoms with Gasteiger partial charge in [0.2, 0.25) is 5.91 Å². The molecule has 0 saturated heterocycles. The van der Waals surface area contributed by atoms with Crippen molar-refractivity contribution in [3.05, 3.63) is 0 Å². The third-order valence-corrected chi connectivity index (χ3v) is 3.36. The number of hydrogen-bond acceptors (Lipinski definition) is 3. The van der Waals surface area contributed by atoms with Gasteiger partial charge in [0.15, 0.2) is 0 Å². The molecule has 0 aromatic carbocycles. The molecule has 0 spiro atoms. The van der Waals surface area contributed by atoms with E-state index >= 15 is 0 Å². The number of amides is 1. The van der Waals surface area contributed by atoms with Crippen molar-refractivity contribution < 1.29 is 9.53 Å². The topological polar surface area (TPSA) is 50.4 Å². The summed E-state index contributed by atoms with van der Waals surface area (Å²) in [5.41, 5.74) is -0.217. The Morgan fingerprint density at radius 3 is 2.53 bits per heavy atom. The zero-order valence-corrected chi connectivity index (χ0v) is 11.3. The second kappa shape index (κ2) is 6.97. The molecule has 1 aliphatic carbocycles. The Balaban J connectivity index is 2.12. The molecule has 0 unspecified atom stereocenters. The highest BCUT2D eigenvalue weighted by Gasteiger charge is 2.18. The Bertz CT molecular complexity index is 236. The lowest BCUT2D eigenvalue weighted by atomic mass is 9.95. The van der Waals surface area contributed by atoms with Crippen molar-refractivity contribution in [1.29, 1.82) is 0 Å². The normalized spacial score (nSPS) is 18.1. The van der Waals surface area contributed by atoms with Gasteiger partial charge in [-0.1, -0.05) is 19.3 Å². The number of methoxy groups -OCH3 is 1. The molecular formula is C13H26N2O2. The van der Waals surface area contributed by atoms with E-state index in [1.54, 1.807) is 7.11 Å². The van der Waals surface area contributed by atoms with E-state index in [0.717, 1.165) is 12.8 Å². The average molecular weight is 242 g/mol. The molecule has 2 N–H and O–H groups in total. The first-order chi connectivity index (χ1) is 8.03. The molecule has 0 atom stereocenters. The molecule has 4 heteroatoms. The van der Waals surface area contributed by atoms with Gasteiger partial charge in [0.1, 0.15) is 0 Å². The highest BCUT2D eigenvalue weighted by Crippen LogP contribution is 2.17. The number of ether oxygens (including phenoxy) is 1. The molecule has 100 valence electrons. The molecule has 1 fully saturated rings. The highest BCUT2D eigenvalue weighted by molar-refractivity contribution is 5.78. The fourth-order valence-corrected chi connectivity index (χ4v) is 2.07. The highest BCUT2D eigenvalue weighted by atomic mass is 16.5. The second-order valence-electron chi connectivity index (χ2n) is 5.47. The maximum absolute atomic E-state index is 11.7. The van der Waals surface area contributed by atoms with Gasteiger partial charge in [-0.3, -0.25) is 4.79 Å². The molecule has 0 radical (unpaired) electrons. The van der Waals surface area contributed by atoms with Gasteiger partial charge in [-0.05, 0) is 26.7 Å². The van der Waals surface area contributed by atoms with Crippen molar-refractivity contribution in [1.82, 2.24) is 10.6 Å². The number of hydrogen-bond donors (Lipinski definition) is 2. The van der Waals surface area contributed by atoms with Crippen LogP contribution in [0.4, 0.5) is 0 Å². The second-order valence-corrected chi connectivity index (χ2v) is 5.47. The van der Waals surface area contributed by atoms with Crippen LogP contribution in [-0.2, 0) is 9.53 Å². The number of carbonyl (C=O) groups is 1. The molecule has 1 saturated carbocycles. The molecule has 1 rings (SSSR count). The molecule has 0 aromatic heterocycles. The van der Waals surface area contributed by atoms with Crippen LogP contribution in [0.5, 0.6) is 0 Å². The summed E-state index contributed by atoms with van der Waals surface area (Å²) >= 11 is 0. The van der Waals surface area contributed by atoms with E-state index in [4.69, 9.17) is 4.74 Å². The predicted molar refractivity (Wildman–Crippen MR) is 69.0 cm³/mol. The van der Waals surface area contributed by atoms with E-state index in [2.05, 4.69) is 10.6 Å². The fraction of sp³-hybridized carbons (Fsp3) is 0.923. The minimum atomic E-state index is -0.217. The van der Waals surface area contributed by atoms with Crippen molar-refractivity contribution in [2.24, 2.45) is 0 Å². The molecule has 0 aliphatic heterocycles. The van der Waals surface area contributed by atoms with E-state index in [1.807, 2.05) is 13.8 Å². The molecule has 0 aromatic rings. The van der Waals surface area contributed by atoms with Crippen molar-refractivity contribution >= 4 is 5.91 Å². The van der Waals surface area contributed by atoms with E-state index in [0.29, 0.717) is 19.1 Å². The van der Waals surface area contributed by atoms with Crippen LogP contribution in [0.2, 0.25) is 0 Å². The van der Waals surface area contributed by atoms with E-state index < -0.39 is 0 Å². The molecule has 4 nitrogen and oxygen atoms in total. The zero-order valence-electron chi connectivity index (χ0n) is 11.3. The minimum absolute atomic E-state index is 0.101. The Hall–Kier alpha value is -0.610. The van der Waals surface area contributed by atoms with Crippen molar-refractivity contribution in [2.45, 2.75) is 57.6 Å². The Morgan fingerprint density at radius 1 is 1.29 bits per heavy atom. The van der Waals surface area contributed by atoms with Crippen LogP contribution in [-0.4, -0.2) is 37.7 Å². The summed E-state index contributed by atoms with van der Waals surface area (Å²) in [7, 11) is 1.68. The lowest BCUT2D eigenvalue weighted by molar-refractivity contribution is -0.121. The van der Waals surface area contributed by atoms with Gasteiger partial charge in [-0.15, -0.1) is 0 Å². The summed E-state index contributed by atoms with van der Waals surface area (Å²) in [6.45, 7) is 5.06. The summed E-state index contributed by atoms with van der Waals surface area (Å²) in [5, 5.41) is 6.21. The summed E-state index contributed by atoms with van der Waals surface area (Å²) in [4.78, 5) is 11.7. The molecular weight excluding hydrogens is 216 g/mol. The quantitative estimate of drug-likeness (QED) is 0.741. The number of rotatable bonds is 6. The SMILES string of the molecule is COC(C)(C)CNCC(=O)NC1CCCCC1. The number of carbonyl (C=O) groups excluding carboxylic acids is 1. The molecule has 17 heavy (non-hydrogen) atoms. The summed E-state index contributed by atoms with van der Waals surface area (Å²) in [6.07, 6.45) is 6.07. The maximum Gasteiger partial charge on any atom is 0.234 e. The third kappa shape index (κ3) is 6.03. The standard InChI is InChI=1S/C13H26N2O2/c1-13(2,17-3)10-14-9-12(16)15-11-7-5-4-6-8-11/h11,14H,4-10H2,1-3H3,(H,15,16). The predicted octanol–water partition coefficient (Wildman–Crippen LogP) is 1.45. The van der Waals surface area contributed by atoms with Gasteiger partial charge in [0.05, 0.1) is 12.1 Å². The van der Waals surface area contributed by atoms with Crippen LogP contribution in [0.25, 0.3) is 0 Å². The first-order valence-corrected chi connectivity index (χ1v) is 6.59. The molecule has 1 amide bonds. The van der Waals surface area contributed by atoms with Gasteiger partial charge >= 0.3 is 0 Å². The van der Waals surface area contributed by atoms with Crippen LogP contribution >= 0.6 is 0 Å². The average Bonchev–Trinajstić information content (AvgIpc) is 2.30. The van der Waals surface area contributed by atoms with E-state index in [-0.39, 0.29) is 11.5 Å². The smallest absolute Gasteiger partial charge is 0.234 e. The van der Waals surface area contributed by atoms with Crippen LogP contribution in [0.3, 0.4) is 0 Å². The van der Waals surface area contributed by atoms with Crippen LogP contribution < -0.4 is 10.6 Å². The fourth-order valence-electron chi connectivity index (χ4n) is 2.07. The van der Waals surface area contributed by atoms with E-state index in [1.165, 1.54) is 19.3 Å². The summed E-state index contributed by atoms with van der Waals surface area (Å²) in [6, 6.07) is 0.397. The largest absolute Gasteiger partial charge is 0.377 e. The van der Waals surface area contributed by atoms with Gasteiger partial charge < -0.3 is 15.4 Å². The lowest BCUT2D eigenvalue weighted by Gasteiger charge is -2.25. The van der Waals surface area contributed by atoms with Crippen molar-refractivity contribution in [3.63, 3.8) is 0 Å². The Morgan fingerprint density at radius 2 is 1.94 bits per heavy atom. The van der Waals surface area contributed by atoms with Gasteiger partial charge in [-0.25, -0.2) is 0 Å². The van der Waals surface area contributed by atoms with Crippen LogP contribution in [0.15, 0.2) is 0 Å². The van der Waals surface area contributed by atoms with E-state index in [9.17, 15) is 4.79 Å². The van der Waals surface area contributed by atoms with Crippen LogP contribution in [0, 0.1) is 0 Å². The maximum atomic E-state index is 11.7. The summed E-state index contributed by atoms with van der Waals surface area (Å²) in [5.74, 6) is 0.101. The molecule has 1 aliphatic rings. The zero-order chi connectivity index (χ0) is 12.7. The minimum Gasteiger partial charge on any atom is -0.377 e. The van der Waals surface area contributed by atoms with Crippen molar-refractivity contribution in [2.75, 3.05) is 20.2 Å². The Labute approximate surface area is 104 Å². The first kappa shape index (κ1) is 14.5. The third-order valence-electron chi connectivity index (χ3n) is 3.36. The molecule has 0 heterocycles. The van der Waals surface area contributed by atoms with Gasteiger partial charge in [0.25, 0.3) is 0 Å². The van der Waals surface area contributed by atoms with Crippen LogP contribution in [0.1, 0.15) is 46.0 Å². The lowest BCUT2D eigenvalue weighted by Crippen LogP contribution is -2.44. The summed E-state index contributed by atoms with van der Waals surface area (Å²) < 4.78 is 5.28. The van der Waals surface area contributed by atoms with Gasteiger partial charge in [0, 0.05) is 19.7 Å². The Kier molecular flexibility index (Phi) is 5.92. The molecule has 0 bridgehead atoms.